The Labute approximate surface area is 102 Å². The molecule has 6 heteroatoms. The first-order valence-electron chi connectivity index (χ1n) is 5.03. The van der Waals surface area contributed by atoms with Crippen LogP contribution in [0.15, 0.2) is 34.7 Å². The minimum absolute atomic E-state index is 0.103. The van der Waals surface area contributed by atoms with E-state index in [0.29, 0.717) is 23.4 Å². The van der Waals surface area contributed by atoms with Crippen LogP contribution in [0.4, 0.5) is 5.69 Å². The fraction of sp³-hybridized carbons (Fsp3) is 0.0833. The highest BCUT2D eigenvalue weighted by Gasteiger charge is 2.13. The number of nitrogens with zero attached hydrogens (tertiary/aromatic N) is 1. The van der Waals surface area contributed by atoms with Gasteiger partial charge < -0.3 is 9.15 Å². The molecule has 18 heavy (non-hydrogen) atoms. The number of carbonyl (C=O) groups excluding carboxylic acids is 1. The molecule has 2 rings (SSSR count). The Kier molecular flexibility index (Phi) is 3.09. The van der Waals surface area contributed by atoms with Crippen LogP contribution in [0.5, 0.6) is 5.75 Å². The van der Waals surface area contributed by atoms with Crippen LogP contribution in [0.25, 0.3) is 11.3 Å². The van der Waals surface area contributed by atoms with Crippen LogP contribution in [0.3, 0.4) is 0 Å². The van der Waals surface area contributed by atoms with Gasteiger partial charge in [0.15, 0.2) is 12.0 Å². The van der Waals surface area contributed by atoms with E-state index in [1.165, 1.54) is 25.3 Å². The molecule has 1 aromatic carbocycles. The molecule has 0 spiro atoms. The third-order valence-electron chi connectivity index (χ3n) is 2.37. The van der Waals surface area contributed by atoms with Crippen molar-refractivity contribution in [3.63, 3.8) is 0 Å². The first-order valence-corrected chi connectivity index (χ1v) is 5.03. The Bertz CT molecular complexity index is 602. The Morgan fingerprint density at radius 1 is 1.33 bits per heavy atom. The molecular weight excluding hydrogens is 238 g/mol. The summed E-state index contributed by atoms with van der Waals surface area (Å²) in [5.74, 6) is 0.887. The molecular formula is C12H9NO5. The summed E-state index contributed by atoms with van der Waals surface area (Å²) < 4.78 is 10.2. The highest BCUT2D eigenvalue weighted by molar-refractivity contribution is 5.73. The van der Waals surface area contributed by atoms with Gasteiger partial charge in [0, 0.05) is 11.6 Å². The number of benzene rings is 1. The Morgan fingerprint density at radius 3 is 2.67 bits per heavy atom. The number of nitro groups is 1. The molecule has 0 saturated carbocycles. The van der Waals surface area contributed by atoms with Gasteiger partial charge in [-0.3, -0.25) is 14.9 Å². The highest BCUT2D eigenvalue weighted by Crippen LogP contribution is 2.30. The lowest BCUT2D eigenvalue weighted by Gasteiger charge is -2.02. The maximum absolute atomic E-state index is 10.8. The number of hydrogen-bond donors (Lipinski definition) is 0. The summed E-state index contributed by atoms with van der Waals surface area (Å²) >= 11 is 0. The molecule has 6 nitrogen and oxygen atoms in total. The lowest BCUT2D eigenvalue weighted by Crippen LogP contribution is -1.91. The van der Waals surface area contributed by atoms with Crippen LogP contribution in [-0.2, 0) is 0 Å². The van der Waals surface area contributed by atoms with Crippen molar-refractivity contribution in [2.24, 2.45) is 0 Å². The lowest BCUT2D eigenvalue weighted by molar-refractivity contribution is -0.384. The summed E-state index contributed by atoms with van der Waals surface area (Å²) in [5.41, 5.74) is 0.377. The molecule has 1 aromatic heterocycles. The van der Waals surface area contributed by atoms with Crippen LogP contribution >= 0.6 is 0 Å². The summed E-state index contributed by atoms with van der Waals surface area (Å²) in [5, 5.41) is 10.8. The molecule has 0 aliphatic carbocycles. The van der Waals surface area contributed by atoms with Crippen molar-refractivity contribution in [3.05, 3.63) is 46.2 Å². The molecule has 2 aromatic rings. The van der Waals surface area contributed by atoms with E-state index in [0.717, 1.165) is 0 Å². The van der Waals surface area contributed by atoms with E-state index in [-0.39, 0.29) is 11.4 Å². The molecule has 0 saturated heterocycles. The van der Waals surface area contributed by atoms with E-state index >= 15 is 0 Å². The molecule has 1 heterocycles. The molecule has 0 aliphatic rings. The van der Waals surface area contributed by atoms with Crippen molar-refractivity contribution in [1.82, 2.24) is 0 Å². The summed E-state index contributed by atoms with van der Waals surface area (Å²) in [4.78, 5) is 20.8. The van der Waals surface area contributed by atoms with Crippen molar-refractivity contribution in [2.75, 3.05) is 7.11 Å². The molecule has 0 amide bonds. The molecule has 0 N–H and O–H groups in total. The first kappa shape index (κ1) is 11.8. The van der Waals surface area contributed by atoms with Crippen LogP contribution in [0.2, 0.25) is 0 Å². The van der Waals surface area contributed by atoms with Gasteiger partial charge >= 0.3 is 0 Å². The molecule has 0 bridgehead atoms. The van der Waals surface area contributed by atoms with E-state index in [1.807, 2.05) is 0 Å². The number of rotatable bonds is 4. The van der Waals surface area contributed by atoms with Crippen molar-refractivity contribution >= 4 is 12.0 Å². The fourth-order valence-electron chi connectivity index (χ4n) is 1.52. The van der Waals surface area contributed by atoms with Crippen molar-refractivity contribution < 1.29 is 18.9 Å². The molecule has 0 unspecified atom stereocenters. The van der Waals surface area contributed by atoms with Crippen LogP contribution in [0.1, 0.15) is 10.6 Å². The van der Waals surface area contributed by atoms with Gasteiger partial charge in [-0.15, -0.1) is 0 Å². The number of ether oxygens (including phenoxy) is 1. The van der Waals surface area contributed by atoms with Crippen molar-refractivity contribution in [1.29, 1.82) is 0 Å². The van der Waals surface area contributed by atoms with Gasteiger partial charge in [-0.25, -0.2) is 0 Å². The topological polar surface area (TPSA) is 82.6 Å². The third-order valence-corrected chi connectivity index (χ3v) is 2.37. The van der Waals surface area contributed by atoms with Gasteiger partial charge in [-0.05, 0) is 18.2 Å². The van der Waals surface area contributed by atoms with Gasteiger partial charge in [-0.2, -0.15) is 0 Å². The van der Waals surface area contributed by atoms with E-state index in [1.54, 1.807) is 12.1 Å². The number of furan rings is 1. The van der Waals surface area contributed by atoms with Gasteiger partial charge in [0.05, 0.1) is 18.1 Å². The maximum Gasteiger partial charge on any atom is 0.273 e. The zero-order valence-corrected chi connectivity index (χ0v) is 9.45. The van der Waals surface area contributed by atoms with E-state index in [9.17, 15) is 14.9 Å². The minimum Gasteiger partial charge on any atom is -0.496 e. The molecule has 0 radical (unpaired) electrons. The molecule has 0 atom stereocenters. The number of hydrogen-bond acceptors (Lipinski definition) is 5. The van der Waals surface area contributed by atoms with Gasteiger partial charge in [0.2, 0.25) is 0 Å². The summed E-state index contributed by atoms with van der Waals surface area (Å²) in [6, 6.07) is 7.33. The summed E-state index contributed by atoms with van der Waals surface area (Å²) in [6.45, 7) is 0. The fourth-order valence-corrected chi connectivity index (χ4v) is 1.52. The molecule has 0 fully saturated rings. The monoisotopic (exact) mass is 247 g/mol. The smallest absolute Gasteiger partial charge is 0.273 e. The Balaban J connectivity index is 2.52. The predicted octanol–water partition coefficient (Wildman–Crippen LogP) is 2.68. The normalized spacial score (nSPS) is 10.1. The first-order chi connectivity index (χ1) is 8.63. The van der Waals surface area contributed by atoms with E-state index in [2.05, 4.69) is 0 Å². The van der Waals surface area contributed by atoms with Crippen molar-refractivity contribution in [2.45, 2.75) is 0 Å². The molecule has 92 valence electrons. The third kappa shape index (κ3) is 2.22. The second-order valence-electron chi connectivity index (χ2n) is 3.50. The standard InChI is InChI=1S/C12H9NO5/c1-17-11-5-8(4-9(6-11)13(15)16)12-3-2-10(7-14)18-12/h2-7H,1H3. The van der Waals surface area contributed by atoms with E-state index in [4.69, 9.17) is 9.15 Å². The Hall–Kier alpha value is -2.63. The average Bonchev–Trinajstić information content (AvgIpc) is 2.86. The number of aldehydes is 1. The van der Waals surface area contributed by atoms with Gasteiger partial charge in [0.25, 0.3) is 5.69 Å². The van der Waals surface area contributed by atoms with Gasteiger partial charge in [-0.1, -0.05) is 0 Å². The highest BCUT2D eigenvalue weighted by atomic mass is 16.6. The Morgan fingerprint density at radius 2 is 2.11 bits per heavy atom. The number of nitro benzene ring substituents is 1. The number of carbonyl (C=O) groups is 1. The summed E-state index contributed by atoms with van der Waals surface area (Å²) in [6.07, 6.45) is 0.568. The zero-order valence-electron chi connectivity index (χ0n) is 9.45. The minimum atomic E-state index is -0.518. The second kappa shape index (κ2) is 4.70. The van der Waals surface area contributed by atoms with Crippen LogP contribution in [0, 0.1) is 10.1 Å². The largest absolute Gasteiger partial charge is 0.496 e. The quantitative estimate of drug-likeness (QED) is 0.471. The predicted molar refractivity (Wildman–Crippen MR) is 62.7 cm³/mol. The van der Waals surface area contributed by atoms with Crippen LogP contribution < -0.4 is 4.74 Å². The lowest BCUT2D eigenvalue weighted by atomic mass is 10.1. The second-order valence-corrected chi connectivity index (χ2v) is 3.50. The van der Waals surface area contributed by atoms with Gasteiger partial charge in [0.1, 0.15) is 11.5 Å². The maximum atomic E-state index is 10.8. The number of methoxy groups -OCH3 is 1. The van der Waals surface area contributed by atoms with E-state index < -0.39 is 4.92 Å². The number of non-ortho nitro benzene ring substituents is 1. The summed E-state index contributed by atoms with van der Waals surface area (Å²) in [7, 11) is 1.42. The van der Waals surface area contributed by atoms with Crippen molar-refractivity contribution in [3.8, 4) is 17.1 Å². The zero-order chi connectivity index (χ0) is 13.1. The molecule has 0 aliphatic heterocycles. The average molecular weight is 247 g/mol. The SMILES string of the molecule is COc1cc(-c2ccc(C=O)o2)cc([N+](=O)[O-])c1. The van der Waals surface area contributed by atoms with Crippen LogP contribution in [-0.4, -0.2) is 18.3 Å².